The summed E-state index contributed by atoms with van der Waals surface area (Å²) in [5.74, 6) is -0.511. The predicted molar refractivity (Wildman–Crippen MR) is 147 cm³/mol. The van der Waals surface area contributed by atoms with E-state index in [0.717, 1.165) is 16.1 Å². The number of thiophene rings is 1. The van der Waals surface area contributed by atoms with Crippen molar-refractivity contribution < 1.29 is 9.59 Å². The van der Waals surface area contributed by atoms with Crippen LogP contribution in [0.5, 0.6) is 0 Å². The van der Waals surface area contributed by atoms with Gasteiger partial charge in [0.1, 0.15) is 10.6 Å². The maximum atomic E-state index is 14.1. The standard InChI is InChI=1S/C28H22N4O3S2/c1-3-31-19-13-8-7-12-18(19)22(26(31)34)24-27(35)32-23(20-14-9-15-36-20)21(16(2)29-28(32)37-24)25(33)30-17-10-5-4-6-11-17/h4-15,23H,3H2,1-2H3,(H,30,33)/b24-22+/t23-/m0/s1. The minimum absolute atomic E-state index is 0.195. The van der Waals surface area contributed by atoms with E-state index in [4.69, 9.17) is 0 Å². The summed E-state index contributed by atoms with van der Waals surface area (Å²) in [6.07, 6.45) is 0. The highest BCUT2D eigenvalue weighted by Gasteiger charge is 2.36. The van der Waals surface area contributed by atoms with Gasteiger partial charge in [-0.25, -0.2) is 4.99 Å². The van der Waals surface area contributed by atoms with Gasteiger partial charge in [-0.1, -0.05) is 53.8 Å². The van der Waals surface area contributed by atoms with Crippen LogP contribution in [-0.4, -0.2) is 22.9 Å². The van der Waals surface area contributed by atoms with Crippen LogP contribution >= 0.6 is 22.7 Å². The van der Waals surface area contributed by atoms with E-state index in [1.165, 1.54) is 22.7 Å². The number of fused-ring (bicyclic) bond motifs is 2. The zero-order chi connectivity index (χ0) is 25.7. The highest BCUT2D eigenvalue weighted by molar-refractivity contribution is 7.10. The number of hydrogen-bond donors (Lipinski definition) is 1. The van der Waals surface area contributed by atoms with E-state index in [1.807, 2.05) is 79.0 Å². The number of carbonyl (C=O) groups is 2. The van der Waals surface area contributed by atoms with Gasteiger partial charge in [0.2, 0.25) is 0 Å². The van der Waals surface area contributed by atoms with E-state index < -0.39 is 6.04 Å². The Morgan fingerprint density at radius 3 is 2.51 bits per heavy atom. The highest BCUT2D eigenvalue weighted by Crippen LogP contribution is 2.36. The lowest BCUT2D eigenvalue weighted by atomic mass is 10.0. The van der Waals surface area contributed by atoms with Gasteiger partial charge < -0.3 is 10.2 Å². The minimum atomic E-state index is -0.650. The summed E-state index contributed by atoms with van der Waals surface area (Å²) >= 11 is 2.67. The van der Waals surface area contributed by atoms with Crippen LogP contribution in [0.3, 0.4) is 0 Å². The Morgan fingerprint density at radius 2 is 1.78 bits per heavy atom. The lowest BCUT2D eigenvalue weighted by Crippen LogP contribution is -2.41. The molecule has 2 amide bonds. The molecule has 0 unspecified atom stereocenters. The van der Waals surface area contributed by atoms with Gasteiger partial charge in [-0.3, -0.25) is 19.0 Å². The third-order valence-electron chi connectivity index (χ3n) is 6.55. The number of carbonyl (C=O) groups excluding carboxylic acids is 2. The molecule has 0 aliphatic carbocycles. The molecule has 0 radical (unpaired) electrons. The van der Waals surface area contributed by atoms with Crippen LogP contribution in [0.1, 0.15) is 30.3 Å². The molecule has 4 heterocycles. The number of allylic oxidation sites excluding steroid dienone is 1. The molecule has 0 saturated heterocycles. The summed E-state index contributed by atoms with van der Waals surface area (Å²) in [6, 6.07) is 19.9. The molecule has 9 heteroatoms. The van der Waals surface area contributed by atoms with Crippen LogP contribution in [-0.2, 0) is 9.59 Å². The zero-order valence-corrected chi connectivity index (χ0v) is 21.7. The van der Waals surface area contributed by atoms with Crippen molar-refractivity contribution in [2.75, 3.05) is 16.8 Å². The molecular weight excluding hydrogens is 504 g/mol. The van der Waals surface area contributed by atoms with Crippen LogP contribution in [0.25, 0.3) is 5.57 Å². The van der Waals surface area contributed by atoms with Crippen LogP contribution in [0, 0.1) is 0 Å². The molecule has 4 aromatic rings. The number of aromatic nitrogens is 1. The van der Waals surface area contributed by atoms with Crippen LogP contribution in [0.15, 0.2) is 93.2 Å². The summed E-state index contributed by atoms with van der Waals surface area (Å²) in [5.41, 5.74) is 3.21. The second-order valence-corrected chi connectivity index (χ2v) is 10.6. The lowest BCUT2D eigenvalue weighted by molar-refractivity contribution is -0.114. The second kappa shape index (κ2) is 9.10. The fourth-order valence-corrected chi connectivity index (χ4v) is 6.87. The van der Waals surface area contributed by atoms with Crippen molar-refractivity contribution >= 4 is 51.4 Å². The van der Waals surface area contributed by atoms with Gasteiger partial charge in [-0.2, -0.15) is 0 Å². The number of rotatable bonds is 4. The van der Waals surface area contributed by atoms with Gasteiger partial charge in [0.25, 0.3) is 17.4 Å². The Morgan fingerprint density at radius 1 is 1.03 bits per heavy atom. The van der Waals surface area contributed by atoms with E-state index in [-0.39, 0.29) is 17.4 Å². The highest BCUT2D eigenvalue weighted by atomic mass is 32.1. The molecule has 2 aliphatic rings. The monoisotopic (exact) mass is 526 g/mol. The number of nitrogens with zero attached hydrogens (tertiary/aromatic N) is 3. The molecule has 2 aliphatic heterocycles. The number of likely N-dealkylation sites (N-methyl/N-ethyl adjacent to an activating group) is 1. The van der Waals surface area contributed by atoms with Crippen LogP contribution in [0.2, 0.25) is 0 Å². The first kappa shape index (κ1) is 23.3. The normalized spacial score (nSPS) is 17.9. The number of hydrogen-bond acceptors (Lipinski definition) is 6. The van der Waals surface area contributed by atoms with Gasteiger partial charge in [0.05, 0.1) is 22.5 Å². The largest absolute Gasteiger partial charge is 0.322 e. The first-order valence-corrected chi connectivity index (χ1v) is 13.6. The third-order valence-corrected chi connectivity index (χ3v) is 8.53. The van der Waals surface area contributed by atoms with Gasteiger partial charge in [-0.15, -0.1) is 11.3 Å². The topological polar surface area (TPSA) is 83.8 Å². The Balaban J connectivity index is 1.57. The second-order valence-electron chi connectivity index (χ2n) is 8.68. The fraction of sp³-hybridized carbons (Fsp3) is 0.143. The average molecular weight is 527 g/mol. The summed E-state index contributed by atoms with van der Waals surface area (Å²) < 4.78 is 1.90. The smallest absolute Gasteiger partial charge is 0.272 e. The molecule has 2 aromatic heterocycles. The van der Waals surface area contributed by atoms with Gasteiger partial charge >= 0.3 is 0 Å². The van der Waals surface area contributed by atoms with Crippen molar-refractivity contribution in [2.45, 2.75) is 19.9 Å². The molecule has 0 spiro atoms. The van der Waals surface area contributed by atoms with Crippen molar-refractivity contribution in [3.05, 3.63) is 114 Å². The minimum Gasteiger partial charge on any atom is -0.322 e. The molecule has 1 N–H and O–H groups in total. The molecule has 0 fully saturated rings. The first-order chi connectivity index (χ1) is 18.0. The Kier molecular flexibility index (Phi) is 5.73. The summed E-state index contributed by atoms with van der Waals surface area (Å²) in [5, 5.41) is 4.87. The van der Waals surface area contributed by atoms with Crippen molar-refractivity contribution in [1.82, 2.24) is 4.57 Å². The van der Waals surface area contributed by atoms with Gasteiger partial charge in [0.15, 0.2) is 4.80 Å². The quantitative estimate of drug-likeness (QED) is 0.441. The number of nitrogens with one attached hydrogen (secondary N) is 1. The maximum Gasteiger partial charge on any atom is 0.272 e. The maximum absolute atomic E-state index is 14.1. The first-order valence-electron chi connectivity index (χ1n) is 11.9. The van der Waals surface area contributed by atoms with E-state index in [1.54, 1.807) is 16.4 Å². The molecular formula is C28H22N4O3S2. The van der Waals surface area contributed by atoms with Gasteiger partial charge in [-0.05, 0) is 43.5 Å². The summed E-state index contributed by atoms with van der Waals surface area (Å²) in [6.45, 7) is 4.20. The molecule has 7 nitrogen and oxygen atoms in total. The number of amides is 2. The zero-order valence-electron chi connectivity index (χ0n) is 20.1. The molecule has 0 bridgehead atoms. The summed E-state index contributed by atoms with van der Waals surface area (Å²) in [7, 11) is 0. The summed E-state index contributed by atoms with van der Waals surface area (Å²) in [4.78, 5) is 48.8. The Labute approximate surface area is 220 Å². The molecule has 1 atom stereocenters. The molecule has 37 heavy (non-hydrogen) atoms. The lowest BCUT2D eigenvalue weighted by Gasteiger charge is -2.24. The number of anilines is 2. The Hall–Kier alpha value is -4.08. The number of para-hydroxylation sites is 2. The van der Waals surface area contributed by atoms with Crippen LogP contribution < -0.4 is 25.1 Å². The van der Waals surface area contributed by atoms with Gasteiger partial charge in [0, 0.05) is 22.7 Å². The number of thiazole rings is 1. The van der Waals surface area contributed by atoms with E-state index >= 15 is 0 Å². The van der Waals surface area contributed by atoms with Crippen LogP contribution in [0.4, 0.5) is 11.4 Å². The van der Waals surface area contributed by atoms with Crippen molar-refractivity contribution in [3.8, 4) is 0 Å². The SMILES string of the molecule is CCN1C(=O)/C(=c2/sc3n(c2=O)[C@@H](c2cccs2)C(C(=O)Nc2ccccc2)=C(C)N=3)c2ccccc21. The molecule has 0 saturated carbocycles. The van der Waals surface area contributed by atoms with Crippen molar-refractivity contribution in [2.24, 2.45) is 4.99 Å². The van der Waals surface area contributed by atoms with Crippen molar-refractivity contribution in [1.29, 1.82) is 0 Å². The third kappa shape index (κ3) is 3.70. The molecule has 2 aromatic carbocycles. The van der Waals surface area contributed by atoms with E-state index in [2.05, 4.69) is 10.3 Å². The molecule has 184 valence electrons. The predicted octanol–water partition coefficient (Wildman–Crippen LogP) is 3.67. The average Bonchev–Trinajstić information content (AvgIpc) is 3.60. The van der Waals surface area contributed by atoms with Crippen molar-refractivity contribution in [3.63, 3.8) is 0 Å². The fourth-order valence-electron chi connectivity index (χ4n) is 4.91. The molecule has 6 rings (SSSR count). The van der Waals surface area contributed by atoms with E-state index in [9.17, 15) is 14.4 Å². The number of benzene rings is 2. The Bertz CT molecular complexity index is 1770. The van der Waals surface area contributed by atoms with E-state index in [0.29, 0.717) is 38.4 Å².